The third-order valence-electron chi connectivity index (χ3n) is 4.79. The predicted octanol–water partition coefficient (Wildman–Crippen LogP) is 4.58. The van der Waals surface area contributed by atoms with Crippen LogP contribution in [0.4, 0.5) is 0 Å². The zero-order valence-corrected chi connectivity index (χ0v) is 20.1. The van der Waals surface area contributed by atoms with Gasteiger partial charge in [-0.2, -0.15) is 0 Å². The second-order valence-corrected chi connectivity index (χ2v) is 8.97. The lowest BCUT2D eigenvalue weighted by Gasteiger charge is -2.15. The van der Waals surface area contributed by atoms with E-state index in [1.54, 1.807) is 23.7 Å². The topological polar surface area (TPSA) is 88.9 Å². The lowest BCUT2D eigenvalue weighted by atomic mass is 10.1. The number of halogens is 2. The molecule has 0 aliphatic heterocycles. The maximum Gasteiger partial charge on any atom is 0.251 e. The quantitative estimate of drug-likeness (QED) is 0.450. The molecule has 2 atom stereocenters. The Labute approximate surface area is 200 Å². The zero-order valence-electron chi connectivity index (χ0n) is 17.8. The molecule has 168 valence electrons. The fourth-order valence-electron chi connectivity index (χ4n) is 3.05. The van der Waals surface area contributed by atoms with Crippen molar-refractivity contribution in [3.05, 3.63) is 75.5 Å². The minimum atomic E-state index is -0.407. The van der Waals surface area contributed by atoms with Gasteiger partial charge in [-0.15, -0.1) is 10.2 Å². The normalized spacial score (nSPS) is 12.8. The van der Waals surface area contributed by atoms with E-state index in [1.165, 1.54) is 17.8 Å². The van der Waals surface area contributed by atoms with Crippen molar-refractivity contribution in [2.75, 3.05) is 5.75 Å². The van der Waals surface area contributed by atoms with Crippen LogP contribution in [0.5, 0.6) is 0 Å². The molecule has 2 aromatic carbocycles. The van der Waals surface area contributed by atoms with Crippen molar-refractivity contribution in [3.8, 4) is 0 Å². The summed E-state index contributed by atoms with van der Waals surface area (Å²) in [7, 11) is 1.80. The molecule has 1 aromatic heterocycles. The van der Waals surface area contributed by atoms with Crippen LogP contribution in [0.1, 0.15) is 47.7 Å². The third kappa shape index (κ3) is 6.03. The lowest BCUT2D eigenvalue weighted by Crippen LogP contribution is -2.29. The molecule has 0 unspecified atom stereocenters. The molecule has 7 nitrogen and oxygen atoms in total. The highest BCUT2D eigenvalue weighted by Gasteiger charge is 2.20. The van der Waals surface area contributed by atoms with Crippen LogP contribution < -0.4 is 10.6 Å². The summed E-state index contributed by atoms with van der Waals surface area (Å²) >= 11 is 13.2. The number of rotatable bonds is 8. The Balaban J connectivity index is 1.56. The summed E-state index contributed by atoms with van der Waals surface area (Å²) in [6.07, 6.45) is 0. The number of benzene rings is 2. The van der Waals surface area contributed by atoms with Crippen LogP contribution in [0.25, 0.3) is 0 Å². The van der Waals surface area contributed by atoms with Gasteiger partial charge in [0.25, 0.3) is 5.91 Å². The number of carbonyl (C=O) groups is 2. The molecule has 0 saturated heterocycles. The van der Waals surface area contributed by atoms with Gasteiger partial charge in [-0.3, -0.25) is 9.59 Å². The highest BCUT2D eigenvalue weighted by Crippen LogP contribution is 2.23. The molecule has 10 heteroatoms. The van der Waals surface area contributed by atoms with E-state index in [0.29, 0.717) is 26.6 Å². The molecule has 2 N–H and O–H groups in total. The van der Waals surface area contributed by atoms with Crippen LogP contribution in [0, 0.1) is 0 Å². The van der Waals surface area contributed by atoms with E-state index in [4.69, 9.17) is 23.2 Å². The summed E-state index contributed by atoms with van der Waals surface area (Å²) in [5, 5.41) is 15.5. The van der Waals surface area contributed by atoms with Crippen LogP contribution in [0.15, 0.2) is 53.7 Å². The second-order valence-electron chi connectivity index (χ2n) is 7.21. The van der Waals surface area contributed by atoms with Crippen LogP contribution in [-0.4, -0.2) is 32.3 Å². The number of hydrogen-bond donors (Lipinski definition) is 2. The highest BCUT2D eigenvalue weighted by molar-refractivity contribution is 7.99. The van der Waals surface area contributed by atoms with E-state index in [9.17, 15) is 9.59 Å². The van der Waals surface area contributed by atoms with Gasteiger partial charge in [0.15, 0.2) is 11.0 Å². The molecule has 0 spiro atoms. The molecule has 0 radical (unpaired) electrons. The Kier molecular flexibility index (Phi) is 8.17. The standard InChI is InChI=1S/C22H23Cl2N5O2S/c1-13(15-7-5-4-6-8-15)25-19(30)12-32-22-28-27-20(29(22)3)14(2)26-21(31)16-9-10-17(23)18(24)11-16/h4-11,13-14H,12H2,1-3H3,(H,25,30)(H,26,31)/t13-,14-/m1/s1. The van der Waals surface area contributed by atoms with Crippen molar-refractivity contribution in [2.24, 2.45) is 7.05 Å². The van der Waals surface area contributed by atoms with E-state index in [0.717, 1.165) is 5.56 Å². The fraction of sp³-hybridized carbons (Fsp3) is 0.273. The number of amides is 2. The number of hydrogen-bond acceptors (Lipinski definition) is 5. The summed E-state index contributed by atoms with van der Waals surface area (Å²) in [6.45, 7) is 3.75. The molecule has 32 heavy (non-hydrogen) atoms. The summed E-state index contributed by atoms with van der Waals surface area (Å²) in [6, 6.07) is 14.0. The van der Waals surface area contributed by atoms with E-state index in [2.05, 4.69) is 20.8 Å². The molecule has 2 amide bonds. The lowest BCUT2D eigenvalue weighted by molar-refractivity contribution is -0.119. The minimum absolute atomic E-state index is 0.0871. The van der Waals surface area contributed by atoms with Crippen LogP contribution in [0.2, 0.25) is 10.0 Å². The smallest absolute Gasteiger partial charge is 0.251 e. The Morgan fingerprint density at radius 1 is 1.00 bits per heavy atom. The fourth-order valence-corrected chi connectivity index (χ4v) is 4.08. The van der Waals surface area contributed by atoms with Gasteiger partial charge in [0.2, 0.25) is 5.91 Å². The molecule has 3 rings (SSSR count). The molecular formula is C22H23Cl2N5O2S. The van der Waals surface area contributed by atoms with Crippen LogP contribution >= 0.6 is 35.0 Å². The van der Waals surface area contributed by atoms with Gasteiger partial charge in [-0.25, -0.2) is 0 Å². The average molecular weight is 492 g/mol. The van der Waals surface area contributed by atoms with Crippen LogP contribution in [-0.2, 0) is 11.8 Å². The van der Waals surface area contributed by atoms with Gasteiger partial charge >= 0.3 is 0 Å². The van der Waals surface area contributed by atoms with Crippen molar-refractivity contribution in [2.45, 2.75) is 31.1 Å². The number of thioether (sulfide) groups is 1. The Morgan fingerprint density at radius 3 is 2.41 bits per heavy atom. The molecule has 0 bridgehead atoms. The van der Waals surface area contributed by atoms with Gasteiger partial charge in [0.1, 0.15) is 0 Å². The summed E-state index contributed by atoms with van der Waals surface area (Å²) in [5.74, 6) is 0.367. The molecule has 0 saturated carbocycles. The first-order valence-electron chi connectivity index (χ1n) is 9.88. The molecule has 0 aliphatic carbocycles. The van der Waals surface area contributed by atoms with Crippen molar-refractivity contribution in [1.82, 2.24) is 25.4 Å². The number of aromatic nitrogens is 3. The highest BCUT2D eigenvalue weighted by atomic mass is 35.5. The molecule has 3 aromatic rings. The Bertz CT molecular complexity index is 1110. The van der Waals surface area contributed by atoms with Crippen LogP contribution in [0.3, 0.4) is 0 Å². The molecule has 1 heterocycles. The number of nitrogens with one attached hydrogen (secondary N) is 2. The van der Waals surface area contributed by atoms with Crippen molar-refractivity contribution >= 4 is 46.8 Å². The molecular weight excluding hydrogens is 469 g/mol. The van der Waals surface area contributed by atoms with Crippen molar-refractivity contribution in [3.63, 3.8) is 0 Å². The third-order valence-corrected chi connectivity index (χ3v) is 6.55. The first kappa shape index (κ1) is 24.1. The zero-order chi connectivity index (χ0) is 23.3. The van der Waals surface area contributed by atoms with Gasteiger partial charge in [-0.1, -0.05) is 65.3 Å². The van der Waals surface area contributed by atoms with Gasteiger partial charge in [0, 0.05) is 12.6 Å². The van der Waals surface area contributed by atoms with E-state index in [-0.39, 0.29) is 23.6 Å². The predicted molar refractivity (Wildman–Crippen MR) is 127 cm³/mol. The summed E-state index contributed by atoms with van der Waals surface area (Å²) in [4.78, 5) is 24.9. The van der Waals surface area contributed by atoms with Gasteiger partial charge in [0.05, 0.1) is 27.9 Å². The largest absolute Gasteiger partial charge is 0.349 e. The second kappa shape index (κ2) is 10.8. The summed E-state index contributed by atoms with van der Waals surface area (Å²) < 4.78 is 1.76. The molecule has 0 aliphatic rings. The average Bonchev–Trinajstić information content (AvgIpc) is 3.15. The van der Waals surface area contributed by atoms with E-state index >= 15 is 0 Å². The first-order valence-corrected chi connectivity index (χ1v) is 11.6. The molecule has 0 fully saturated rings. The van der Waals surface area contributed by atoms with E-state index in [1.807, 2.05) is 44.2 Å². The minimum Gasteiger partial charge on any atom is -0.349 e. The first-order chi connectivity index (χ1) is 15.3. The Hall–Kier alpha value is -2.55. The maximum absolute atomic E-state index is 12.5. The van der Waals surface area contributed by atoms with E-state index < -0.39 is 6.04 Å². The monoisotopic (exact) mass is 491 g/mol. The summed E-state index contributed by atoms with van der Waals surface area (Å²) in [5.41, 5.74) is 1.44. The van der Waals surface area contributed by atoms with Gasteiger partial charge < -0.3 is 15.2 Å². The number of carbonyl (C=O) groups excluding carboxylic acids is 2. The van der Waals surface area contributed by atoms with Crippen molar-refractivity contribution in [1.29, 1.82) is 0 Å². The van der Waals surface area contributed by atoms with Crippen molar-refractivity contribution < 1.29 is 9.59 Å². The van der Waals surface area contributed by atoms with Gasteiger partial charge in [-0.05, 0) is 37.6 Å². The Morgan fingerprint density at radius 2 is 1.72 bits per heavy atom. The SMILES string of the molecule is C[C@@H](NC(=O)CSc1nnc([C@@H](C)NC(=O)c2ccc(Cl)c(Cl)c2)n1C)c1ccccc1. The maximum atomic E-state index is 12.5. The number of nitrogens with zero attached hydrogens (tertiary/aromatic N) is 3.